The number of para-hydroxylation sites is 1. The van der Waals surface area contributed by atoms with E-state index in [0.29, 0.717) is 13.0 Å². The number of anilines is 1. The minimum absolute atomic E-state index is 0.0851. The molecule has 0 bridgehead atoms. The Kier molecular flexibility index (Phi) is 6.46. The summed E-state index contributed by atoms with van der Waals surface area (Å²) in [7, 11) is 0. The molecule has 0 saturated heterocycles. The van der Waals surface area contributed by atoms with Crippen molar-refractivity contribution in [2.75, 3.05) is 5.32 Å². The number of aryl methyl sites for hydroxylation is 1. The Morgan fingerprint density at radius 1 is 1.37 bits per heavy atom. The predicted octanol–water partition coefficient (Wildman–Crippen LogP) is 2.29. The minimum atomic E-state index is -4.49. The number of hydrogen-bond acceptors (Lipinski definition) is 5. The van der Waals surface area contributed by atoms with Gasteiger partial charge in [-0.3, -0.25) is 19.4 Å². The third kappa shape index (κ3) is 5.26. The van der Waals surface area contributed by atoms with Gasteiger partial charge in [-0.15, -0.1) is 0 Å². The number of fused-ring (bicyclic) bond motifs is 1. The van der Waals surface area contributed by atoms with Crippen molar-refractivity contribution in [3.63, 3.8) is 0 Å². The van der Waals surface area contributed by atoms with Crippen LogP contribution in [0.4, 0.5) is 19.0 Å². The molecule has 0 atom stereocenters. The molecule has 12 heteroatoms. The molecule has 3 N–H and O–H groups in total. The smallest absolute Gasteiger partial charge is 0.418 e. The lowest BCUT2D eigenvalue weighted by molar-refractivity contribution is -0.136. The topological polar surface area (TPSA) is 126 Å². The summed E-state index contributed by atoms with van der Waals surface area (Å²) in [5, 5.41) is 19.7. The molecule has 0 saturated carbocycles. The first-order valence-electron chi connectivity index (χ1n) is 7.61. The van der Waals surface area contributed by atoms with Gasteiger partial charge in [0.2, 0.25) is 5.91 Å². The number of nitrogens with one attached hydrogen (secondary N) is 2. The van der Waals surface area contributed by atoms with Gasteiger partial charge in [0.15, 0.2) is 5.82 Å². The zero-order valence-corrected chi connectivity index (χ0v) is 13.8. The Morgan fingerprint density at radius 2 is 2.11 bits per heavy atom. The molecule has 0 fully saturated rings. The lowest BCUT2D eigenvalue weighted by Gasteiger charge is -2.07. The van der Waals surface area contributed by atoms with Gasteiger partial charge in [0.25, 0.3) is 6.47 Å². The summed E-state index contributed by atoms with van der Waals surface area (Å²) in [5.41, 5.74) is -0.970. The van der Waals surface area contributed by atoms with Gasteiger partial charge in [-0.25, -0.2) is 4.98 Å². The Bertz CT molecular complexity index is 892. The largest absolute Gasteiger partial charge is 0.483 e. The second-order valence-electron chi connectivity index (χ2n) is 5.21. The van der Waals surface area contributed by atoms with Crippen LogP contribution in [-0.2, 0) is 22.3 Å². The van der Waals surface area contributed by atoms with Crippen molar-refractivity contribution in [3.8, 4) is 0 Å². The van der Waals surface area contributed by atoms with Crippen LogP contribution in [0.1, 0.15) is 18.4 Å². The fraction of sp³-hybridized carbons (Fsp3) is 0.267. The number of hydrogen-bond donors (Lipinski definition) is 3. The van der Waals surface area contributed by atoms with Gasteiger partial charge < -0.3 is 10.4 Å². The van der Waals surface area contributed by atoms with Gasteiger partial charge in [0.05, 0.1) is 11.1 Å². The number of alkyl halides is 3. The second kappa shape index (κ2) is 8.78. The van der Waals surface area contributed by atoms with E-state index in [4.69, 9.17) is 9.90 Å². The van der Waals surface area contributed by atoms with Crippen molar-refractivity contribution >= 4 is 29.1 Å². The van der Waals surface area contributed by atoms with Crippen LogP contribution < -0.4 is 5.32 Å². The van der Waals surface area contributed by atoms with E-state index in [1.54, 1.807) is 4.68 Å². The van der Waals surface area contributed by atoms with Crippen LogP contribution in [0.15, 0.2) is 30.9 Å². The highest BCUT2D eigenvalue weighted by Crippen LogP contribution is 2.35. The van der Waals surface area contributed by atoms with Gasteiger partial charge in [-0.1, -0.05) is 6.07 Å². The van der Waals surface area contributed by atoms with Crippen molar-refractivity contribution in [2.45, 2.75) is 25.6 Å². The van der Waals surface area contributed by atoms with Crippen molar-refractivity contribution in [1.82, 2.24) is 25.0 Å². The molecule has 0 aliphatic heterocycles. The second-order valence-corrected chi connectivity index (χ2v) is 5.21. The van der Waals surface area contributed by atoms with Gasteiger partial charge in [0.1, 0.15) is 12.7 Å². The summed E-state index contributed by atoms with van der Waals surface area (Å²) in [4.78, 5) is 24.1. The maximum absolute atomic E-state index is 12.9. The number of rotatable bonds is 5. The lowest BCUT2D eigenvalue weighted by Crippen LogP contribution is -2.13. The van der Waals surface area contributed by atoms with E-state index in [0.717, 1.165) is 6.07 Å². The van der Waals surface area contributed by atoms with E-state index in [-0.39, 0.29) is 35.5 Å². The number of H-pyrrole nitrogens is 1. The summed E-state index contributed by atoms with van der Waals surface area (Å²) in [6, 6.07) is 3.71. The van der Waals surface area contributed by atoms with Gasteiger partial charge in [-0.05, 0) is 18.6 Å². The molecule has 0 aliphatic rings. The van der Waals surface area contributed by atoms with Crippen molar-refractivity contribution in [1.29, 1.82) is 0 Å². The first-order chi connectivity index (χ1) is 12.9. The van der Waals surface area contributed by atoms with E-state index in [2.05, 4.69) is 25.6 Å². The number of carboxylic acid groups (broad SMARTS) is 1. The summed E-state index contributed by atoms with van der Waals surface area (Å²) in [6.07, 6.45) is -0.852. The monoisotopic (exact) mass is 384 g/mol. The fourth-order valence-electron chi connectivity index (χ4n) is 2.32. The third-order valence-electron chi connectivity index (χ3n) is 3.42. The number of aromatic amines is 1. The predicted molar refractivity (Wildman–Crippen MR) is 87.7 cm³/mol. The number of benzene rings is 1. The molecular weight excluding hydrogens is 369 g/mol. The minimum Gasteiger partial charge on any atom is -0.483 e. The van der Waals surface area contributed by atoms with Crippen LogP contribution in [0.5, 0.6) is 0 Å². The van der Waals surface area contributed by atoms with E-state index < -0.39 is 11.7 Å². The first kappa shape index (κ1) is 19.9. The molecule has 144 valence electrons. The molecule has 9 nitrogen and oxygen atoms in total. The molecule has 1 aromatic carbocycles. The number of carbonyl (C=O) groups excluding carboxylic acids is 1. The van der Waals surface area contributed by atoms with E-state index >= 15 is 0 Å². The molecule has 27 heavy (non-hydrogen) atoms. The number of carbonyl (C=O) groups is 2. The molecule has 0 unspecified atom stereocenters. The van der Waals surface area contributed by atoms with Gasteiger partial charge in [0, 0.05) is 18.4 Å². The Morgan fingerprint density at radius 3 is 2.74 bits per heavy atom. The molecule has 0 spiro atoms. The quantitative estimate of drug-likeness (QED) is 0.580. The number of aromatic nitrogens is 5. The van der Waals surface area contributed by atoms with Gasteiger partial charge in [-0.2, -0.15) is 23.4 Å². The van der Waals surface area contributed by atoms with Crippen LogP contribution in [0, 0.1) is 0 Å². The van der Waals surface area contributed by atoms with Crippen LogP contribution in [0.25, 0.3) is 10.9 Å². The normalized spacial score (nSPS) is 10.9. The molecule has 0 aliphatic carbocycles. The molecule has 3 aromatic rings. The summed E-state index contributed by atoms with van der Waals surface area (Å²) in [5.74, 6) is -0.247. The van der Waals surface area contributed by atoms with Crippen molar-refractivity contribution in [2.24, 2.45) is 0 Å². The van der Waals surface area contributed by atoms with E-state index in [1.807, 2.05) is 0 Å². The lowest BCUT2D eigenvalue weighted by atomic mass is 10.1. The molecular formula is C15H15F3N6O3. The fourth-order valence-corrected chi connectivity index (χ4v) is 2.32. The highest BCUT2D eigenvalue weighted by Gasteiger charge is 2.33. The molecule has 0 radical (unpaired) electrons. The van der Waals surface area contributed by atoms with Crippen molar-refractivity contribution < 1.29 is 27.9 Å². The van der Waals surface area contributed by atoms with Gasteiger partial charge >= 0.3 is 6.18 Å². The molecule has 2 aromatic heterocycles. The highest BCUT2D eigenvalue weighted by atomic mass is 19.4. The Balaban J connectivity index is 0.000000817. The summed E-state index contributed by atoms with van der Waals surface area (Å²) in [6.45, 7) is 0.271. The van der Waals surface area contributed by atoms with Crippen LogP contribution in [-0.4, -0.2) is 42.4 Å². The molecule has 3 rings (SSSR count). The van der Waals surface area contributed by atoms with Crippen molar-refractivity contribution in [3.05, 3.63) is 36.4 Å². The van der Waals surface area contributed by atoms with Crippen LogP contribution in [0.2, 0.25) is 0 Å². The van der Waals surface area contributed by atoms with E-state index in [9.17, 15) is 18.0 Å². The SMILES string of the molecule is O=C(CCCn1cncn1)Nc1n[nH]c2c(C(F)(F)F)cccc12.O=CO. The average molecular weight is 384 g/mol. The first-order valence-corrected chi connectivity index (χ1v) is 7.61. The number of nitrogens with zero attached hydrogens (tertiary/aromatic N) is 4. The zero-order valence-electron chi connectivity index (χ0n) is 13.8. The molecule has 1 amide bonds. The zero-order chi connectivity index (χ0) is 19.9. The summed E-state index contributed by atoms with van der Waals surface area (Å²) >= 11 is 0. The third-order valence-corrected chi connectivity index (χ3v) is 3.42. The maximum atomic E-state index is 12.9. The number of amides is 1. The highest BCUT2D eigenvalue weighted by molar-refractivity contribution is 6.00. The van der Waals surface area contributed by atoms with Crippen LogP contribution >= 0.6 is 0 Å². The van der Waals surface area contributed by atoms with E-state index in [1.165, 1.54) is 24.8 Å². The Labute approximate surface area is 150 Å². The summed E-state index contributed by atoms with van der Waals surface area (Å²) < 4.78 is 40.4. The molecule has 2 heterocycles. The Hall–Kier alpha value is -3.44. The maximum Gasteiger partial charge on any atom is 0.418 e. The number of halogens is 3. The van der Waals surface area contributed by atoms with Crippen LogP contribution in [0.3, 0.4) is 0 Å². The standard InChI is InChI=1S/C14H13F3N6O.CH2O2/c15-14(16,17)10-4-1-3-9-12(10)21-22-13(9)20-11(24)5-2-6-23-8-18-7-19-23;2-1-3/h1,3-4,7-8H,2,5-6H2,(H2,20,21,22,24);1H,(H,2,3). The average Bonchev–Trinajstić information content (AvgIpc) is 3.25.